The molecule has 0 atom stereocenters. The third-order valence-corrected chi connectivity index (χ3v) is 3.06. The summed E-state index contributed by atoms with van der Waals surface area (Å²) in [6, 6.07) is 0.564. The van der Waals surface area contributed by atoms with E-state index in [2.05, 4.69) is 12.4 Å². The molecule has 84 valence electrons. The summed E-state index contributed by atoms with van der Waals surface area (Å²) in [6.45, 7) is 3.59. The fourth-order valence-electron chi connectivity index (χ4n) is 1.99. The molecule has 14 heavy (non-hydrogen) atoms. The molecule has 0 spiro atoms. The van der Waals surface area contributed by atoms with Gasteiger partial charge < -0.3 is 4.74 Å². The largest absolute Gasteiger partial charge is 0.382 e. The van der Waals surface area contributed by atoms with Gasteiger partial charge in [-0.1, -0.05) is 13.3 Å². The van der Waals surface area contributed by atoms with Crippen molar-refractivity contribution >= 4 is 0 Å². The molecule has 0 radical (unpaired) electrons. The number of ether oxygens (including phenoxy) is 1. The summed E-state index contributed by atoms with van der Waals surface area (Å²) in [5.74, 6) is 0.951. The van der Waals surface area contributed by atoms with Crippen molar-refractivity contribution in [2.24, 2.45) is 5.92 Å². The molecule has 1 N–H and O–H groups in total. The molecule has 0 aromatic rings. The Labute approximate surface area is 87.1 Å². The molecule has 0 aromatic heterocycles. The van der Waals surface area contributed by atoms with Gasteiger partial charge in [0.25, 0.3) is 0 Å². The molecule has 0 aliphatic heterocycles. The van der Waals surface area contributed by atoms with Gasteiger partial charge in [-0.2, -0.15) is 5.48 Å². The highest BCUT2D eigenvalue weighted by Gasteiger charge is 2.19. The standard InChI is InChI=1S/C11H23NO2/c1-3-10-4-6-11(7-5-10)12-14-9-8-13-2/h10-12H,3-9H2,1-2H3. The molecule has 1 saturated carbocycles. The first kappa shape index (κ1) is 12.0. The van der Waals surface area contributed by atoms with E-state index in [-0.39, 0.29) is 0 Å². The van der Waals surface area contributed by atoms with Crippen molar-refractivity contribution in [1.29, 1.82) is 0 Å². The fraction of sp³-hybridized carbons (Fsp3) is 1.00. The highest BCUT2D eigenvalue weighted by atomic mass is 16.7. The molecule has 1 rings (SSSR count). The average Bonchev–Trinajstić information content (AvgIpc) is 2.25. The lowest BCUT2D eigenvalue weighted by Crippen LogP contribution is -2.33. The second-order valence-corrected chi connectivity index (χ2v) is 4.09. The van der Waals surface area contributed by atoms with E-state index in [1.54, 1.807) is 7.11 Å². The van der Waals surface area contributed by atoms with Gasteiger partial charge in [0, 0.05) is 13.2 Å². The van der Waals surface area contributed by atoms with Crippen LogP contribution in [0.1, 0.15) is 39.0 Å². The Bertz CT molecular complexity index is 133. The lowest BCUT2D eigenvalue weighted by atomic mass is 9.85. The van der Waals surface area contributed by atoms with Crippen LogP contribution in [-0.4, -0.2) is 26.4 Å². The second kappa shape index (κ2) is 7.21. The number of nitrogens with one attached hydrogen (secondary N) is 1. The maximum atomic E-state index is 5.31. The molecule has 0 aromatic carbocycles. The SMILES string of the molecule is CCC1CCC(NOCCOC)CC1. The topological polar surface area (TPSA) is 30.5 Å². The van der Waals surface area contributed by atoms with E-state index >= 15 is 0 Å². The highest BCUT2D eigenvalue weighted by Crippen LogP contribution is 2.26. The van der Waals surface area contributed by atoms with E-state index in [0.717, 1.165) is 5.92 Å². The Morgan fingerprint density at radius 3 is 2.43 bits per heavy atom. The van der Waals surface area contributed by atoms with Crippen molar-refractivity contribution in [2.45, 2.75) is 45.1 Å². The molecule has 0 heterocycles. The summed E-state index contributed by atoms with van der Waals surface area (Å²) < 4.78 is 4.90. The van der Waals surface area contributed by atoms with E-state index in [9.17, 15) is 0 Å². The van der Waals surface area contributed by atoms with Crippen LogP contribution in [0.5, 0.6) is 0 Å². The quantitative estimate of drug-likeness (QED) is 0.527. The average molecular weight is 201 g/mol. The summed E-state index contributed by atoms with van der Waals surface area (Å²) >= 11 is 0. The van der Waals surface area contributed by atoms with Crippen LogP contribution in [0.3, 0.4) is 0 Å². The predicted octanol–water partition coefficient (Wildman–Crippen LogP) is 2.12. The van der Waals surface area contributed by atoms with Crippen LogP contribution in [0.2, 0.25) is 0 Å². The summed E-state index contributed by atoms with van der Waals surface area (Å²) in [5.41, 5.74) is 3.12. The molecule has 0 bridgehead atoms. The number of rotatable bonds is 6. The summed E-state index contributed by atoms with van der Waals surface area (Å²) in [5, 5.41) is 0. The lowest BCUT2D eigenvalue weighted by molar-refractivity contribution is -0.0208. The van der Waals surface area contributed by atoms with Crippen LogP contribution in [0.25, 0.3) is 0 Å². The molecular formula is C11H23NO2. The van der Waals surface area contributed by atoms with Gasteiger partial charge in [-0.05, 0) is 31.6 Å². The molecule has 1 aliphatic carbocycles. The Hall–Kier alpha value is -0.120. The maximum absolute atomic E-state index is 5.31. The van der Waals surface area contributed by atoms with Crippen molar-refractivity contribution < 1.29 is 9.57 Å². The smallest absolute Gasteiger partial charge is 0.0915 e. The monoisotopic (exact) mass is 201 g/mol. The van der Waals surface area contributed by atoms with Gasteiger partial charge >= 0.3 is 0 Å². The first-order valence-electron chi connectivity index (χ1n) is 5.73. The van der Waals surface area contributed by atoms with E-state index in [1.807, 2.05) is 0 Å². The minimum atomic E-state index is 0.564. The van der Waals surface area contributed by atoms with Gasteiger partial charge in [0.2, 0.25) is 0 Å². The third-order valence-electron chi connectivity index (χ3n) is 3.06. The molecule has 1 fully saturated rings. The minimum absolute atomic E-state index is 0.564. The first-order valence-corrected chi connectivity index (χ1v) is 5.73. The summed E-state index contributed by atoms with van der Waals surface area (Å²) in [4.78, 5) is 5.31. The van der Waals surface area contributed by atoms with Gasteiger partial charge in [0.05, 0.1) is 13.2 Å². The Morgan fingerprint density at radius 2 is 1.86 bits per heavy atom. The summed E-state index contributed by atoms with van der Waals surface area (Å²) in [7, 11) is 1.69. The first-order chi connectivity index (χ1) is 6.86. The molecular weight excluding hydrogens is 178 g/mol. The molecule has 3 nitrogen and oxygen atoms in total. The van der Waals surface area contributed by atoms with Crippen LogP contribution in [0, 0.1) is 5.92 Å². The minimum Gasteiger partial charge on any atom is -0.382 e. The highest BCUT2D eigenvalue weighted by molar-refractivity contribution is 4.73. The molecule has 0 amide bonds. The van der Waals surface area contributed by atoms with E-state index < -0.39 is 0 Å². The van der Waals surface area contributed by atoms with Crippen molar-refractivity contribution in [1.82, 2.24) is 5.48 Å². The molecule has 3 heteroatoms. The van der Waals surface area contributed by atoms with Crippen molar-refractivity contribution in [3.8, 4) is 0 Å². The molecule has 1 aliphatic rings. The van der Waals surface area contributed by atoms with Crippen molar-refractivity contribution in [3.63, 3.8) is 0 Å². The number of hydroxylamine groups is 1. The van der Waals surface area contributed by atoms with E-state index in [0.29, 0.717) is 19.3 Å². The van der Waals surface area contributed by atoms with Crippen LogP contribution in [-0.2, 0) is 9.57 Å². The van der Waals surface area contributed by atoms with Gasteiger partial charge in [-0.3, -0.25) is 4.84 Å². The summed E-state index contributed by atoms with van der Waals surface area (Å²) in [6.07, 6.45) is 6.54. The molecule has 0 saturated heterocycles. The van der Waals surface area contributed by atoms with Crippen molar-refractivity contribution in [2.75, 3.05) is 20.3 Å². The fourth-order valence-corrected chi connectivity index (χ4v) is 1.99. The van der Waals surface area contributed by atoms with Crippen LogP contribution < -0.4 is 5.48 Å². The predicted molar refractivity (Wildman–Crippen MR) is 57.0 cm³/mol. The Kier molecular flexibility index (Phi) is 6.15. The maximum Gasteiger partial charge on any atom is 0.0915 e. The number of hydrogen-bond acceptors (Lipinski definition) is 3. The van der Waals surface area contributed by atoms with Crippen LogP contribution in [0.15, 0.2) is 0 Å². The van der Waals surface area contributed by atoms with Crippen LogP contribution in [0.4, 0.5) is 0 Å². The van der Waals surface area contributed by atoms with Gasteiger partial charge in [0.15, 0.2) is 0 Å². The van der Waals surface area contributed by atoms with E-state index in [4.69, 9.17) is 9.57 Å². The number of hydrogen-bond donors (Lipinski definition) is 1. The zero-order valence-electron chi connectivity index (χ0n) is 9.42. The van der Waals surface area contributed by atoms with E-state index in [1.165, 1.54) is 32.1 Å². The zero-order chi connectivity index (χ0) is 10.2. The van der Waals surface area contributed by atoms with Crippen LogP contribution >= 0.6 is 0 Å². The number of methoxy groups -OCH3 is 1. The third kappa shape index (κ3) is 4.40. The normalized spacial score (nSPS) is 27.9. The Balaban J connectivity index is 1.98. The van der Waals surface area contributed by atoms with Gasteiger partial charge in [0.1, 0.15) is 0 Å². The van der Waals surface area contributed by atoms with Gasteiger partial charge in [-0.25, -0.2) is 0 Å². The van der Waals surface area contributed by atoms with Crippen molar-refractivity contribution in [3.05, 3.63) is 0 Å². The second-order valence-electron chi connectivity index (χ2n) is 4.09. The van der Waals surface area contributed by atoms with Gasteiger partial charge in [-0.15, -0.1) is 0 Å². The Morgan fingerprint density at radius 1 is 1.14 bits per heavy atom. The lowest BCUT2D eigenvalue weighted by Gasteiger charge is -2.27. The zero-order valence-corrected chi connectivity index (χ0v) is 9.42. The molecule has 0 unspecified atom stereocenters.